The van der Waals surface area contributed by atoms with Gasteiger partial charge in [0.2, 0.25) is 5.91 Å². The van der Waals surface area contributed by atoms with E-state index in [0.29, 0.717) is 6.54 Å². The molecule has 5 heteroatoms. The highest BCUT2D eigenvalue weighted by Gasteiger charge is 2.08. The third-order valence-corrected chi connectivity index (χ3v) is 3.78. The summed E-state index contributed by atoms with van der Waals surface area (Å²) in [5.74, 6) is 0.670. The number of furan rings is 1. The molecule has 4 aromatic rings. The lowest BCUT2D eigenvalue weighted by Gasteiger charge is -2.05. The first-order valence-electron chi connectivity index (χ1n) is 7.43. The van der Waals surface area contributed by atoms with Gasteiger partial charge in [-0.1, -0.05) is 30.3 Å². The summed E-state index contributed by atoms with van der Waals surface area (Å²) in [6, 6.07) is 17.5. The Labute approximate surface area is 132 Å². The molecule has 0 unspecified atom stereocenters. The van der Waals surface area contributed by atoms with Crippen molar-refractivity contribution >= 4 is 27.9 Å². The molecule has 0 spiro atoms. The number of hydrogen-bond acceptors (Lipinski definition) is 3. The number of carbonyl (C=O) groups excluding carboxylic acids is 1. The molecule has 0 aliphatic heterocycles. The summed E-state index contributed by atoms with van der Waals surface area (Å²) < 4.78 is 7.53. The Morgan fingerprint density at radius 1 is 1.13 bits per heavy atom. The predicted molar refractivity (Wildman–Crippen MR) is 87.8 cm³/mol. The van der Waals surface area contributed by atoms with Gasteiger partial charge in [0, 0.05) is 5.39 Å². The molecule has 23 heavy (non-hydrogen) atoms. The number of para-hydroxylation sites is 3. The van der Waals surface area contributed by atoms with Gasteiger partial charge < -0.3 is 14.3 Å². The second kappa shape index (κ2) is 5.61. The normalized spacial score (nSPS) is 11.1. The Bertz CT molecular complexity index is 951. The van der Waals surface area contributed by atoms with Crippen LogP contribution < -0.4 is 5.32 Å². The SMILES string of the molecule is O=C(Cn1cnc2ccccc21)NCc1cc2ccccc2o1. The van der Waals surface area contributed by atoms with Gasteiger partial charge in [-0.3, -0.25) is 4.79 Å². The highest BCUT2D eigenvalue weighted by Crippen LogP contribution is 2.18. The van der Waals surface area contributed by atoms with E-state index in [-0.39, 0.29) is 12.5 Å². The Kier molecular flexibility index (Phi) is 3.31. The summed E-state index contributed by atoms with van der Waals surface area (Å²) in [6.45, 7) is 0.612. The van der Waals surface area contributed by atoms with Crippen molar-refractivity contribution in [1.29, 1.82) is 0 Å². The average molecular weight is 305 g/mol. The van der Waals surface area contributed by atoms with Gasteiger partial charge in [-0.2, -0.15) is 0 Å². The van der Waals surface area contributed by atoms with Crippen LogP contribution in [0.3, 0.4) is 0 Å². The third kappa shape index (κ3) is 2.68. The van der Waals surface area contributed by atoms with Crippen molar-refractivity contribution in [2.24, 2.45) is 0 Å². The molecule has 0 aliphatic rings. The number of carbonyl (C=O) groups is 1. The number of nitrogens with one attached hydrogen (secondary N) is 1. The van der Waals surface area contributed by atoms with Gasteiger partial charge in [0.15, 0.2) is 0 Å². The highest BCUT2D eigenvalue weighted by molar-refractivity contribution is 5.81. The molecule has 0 atom stereocenters. The summed E-state index contributed by atoms with van der Waals surface area (Å²) >= 11 is 0. The lowest BCUT2D eigenvalue weighted by Crippen LogP contribution is -2.26. The maximum atomic E-state index is 12.1. The minimum absolute atomic E-state index is 0.0754. The van der Waals surface area contributed by atoms with Crippen molar-refractivity contribution in [1.82, 2.24) is 14.9 Å². The van der Waals surface area contributed by atoms with Gasteiger partial charge in [0.1, 0.15) is 17.9 Å². The summed E-state index contributed by atoms with van der Waals surface area (Å²) in [4.78, 5) is 16.4. The van der Waals surface area contributed by atoms with E-state index in [1.807, 2.05) is 59.2 Å². The average Bonchev–Trinajstić information content (AvgIpc) is 3.17. The lowest BCUT2D eigenvalue weighted by molar-refractivity contribution is -0.121. The molecule has 0 fully saturated rings. The minimum atomic E-state index is -0.0754. The molecule has 0 bridgehead atoms. The number of aromatic nitrogens is 2. The predicted octanol–water partition coefficient (Wildman–Crippen LogP) is 3.10. The molecule has 114 valence electrons. The first-order valence-corrected chi connectivity index (χ1v) is 7.43. The van der Waals surface area contributed by atoms with Gasteiger partial charge in [-0.15, -0.1) is 0 Å². The second-order valence-corrected chi connectivity index (χ2v) is 5.39. The number of imidazole rings is 1. The Hall–Kier alpha value is -3.08. The zero-order valence-corrected chi connectivity index (χ0v) is 12.4. The lowest BCUT2D eigenvalue weighted by atomic mass is 10.2. The summed E-state index contributed by atoms with van der Waals surface area (Å²) in [7, 11) is 0. The van der Waals surface area contributed by atoms with Crippen LogP contribution in [0.25, 0.3) is 22.0 Å². The molecule has 0 saturated heterocycles. The van der Waals surface area contributed by atoms with Gasteiger partial charge in [0.05, 0.1) is 23.9 Å². The summed E-state index contributed by atoms with van der Waals surface area (Å²) in [6.07, 6.45) is 1.69. The van der Waals surface area contributed by atoms with Crippen LogP contribution in [0.5, 0.6) is 0 Å². The monoisotopic (exact) mass is 305 g/mol. The van der Waals surface area contributed by atoms with E-state index >= 15 is 0 Å². The number of hydrogen-bond donors (Lipinski definition) is 1. The molecule has 2 aromatic carbocycles. The number of benzene rings is 2. The van der Waals surface area contributed by atoms with Crippen LogP contribution >= 0.6 is 0 Å². The van der Waals surface area contributed by atoms with Crippen molar-refractivity contribution in [2.75, 3.05) is 0 Å². The van der Waals surface area contributed by atoms with Crippen molar-refractivity contribution in [2.45, 2.75) is 13.1 Å². The van der Waals surface area contributed by atoms with Gasteiger partial charge in [-0.25, -0.2) is 4.98 Å². The topological polar surface area (TPSA) is 60.1 Å². The Balaban J connectivity index is 1.43. The van der Waals surface area contributed by atoms with E-state index in [2.05, 4.69) is 10.3 Å². The fraction of sp³-hybridized carbons (Fsp3) is 0.111. The van der Waals surface area contributed by atoms with Crippen LogP contribution in [0.2, 0.25) is 0 Å². The smallest absolute Gasteiger partial charge is 0.240 e. The molecule has 0 radical (unpaired) electrons. The number of amides is 1. The fourth-order valence-corrected chi connectivity index (χ4v) is 2.66. The molecule has 4 rings (SSSR count). The second-order valence-electron chi connectivity index (χ2n) is 5.39. The zero-order chi connectivity index (χ0) is 15.6. The maximum absolute atomic E-state index is 12.1. The first kappa shape index (κ1) is 13.6. The van der Waals surface area contributed by atoms with Crippen LogP contribution in [0.4, 0.5) is 0 Å². The van der Waals surface area contributed by atoms with Crippen molar-refractivity contribution in [3.05, 3.63) is 66.7 Å². The molecular weight excluding hydrogens is 290 g/mol. The number of nitrogens with zero attached hydrogens (tertiary/aromatic N) is 2. The molecule has 1 amide bonds. The van der Waals surface area contributed by atoms with E-state index < -0.39 is 0 Å². The molecular formula is C18H15N3O2. The molecule has 0 saturated carbocycles. The quantitative estimate of drug-likeness (QED) is 0.630. The number of rotatable bonds is 4. The van der Waals surface area contributed by atoms with E-state index in [1.165, 1.54) is 0 Å². The minimum Gasteiger partial charge on any atom is -0.459 e. The first-order chi connectivity index (χ1) is 11.3. The number of fused-ring (bicyclic) bond motifs is 2. The molecule has 2 heterocycles. The van der Waals surface area contributed by atoms with E-state index in [9.17, 15) is 4.79 Å². The van der Waals surface area contributed by atoms with Gasteiger partial charge in [0.25, 0.3) is 0 Å². The zero-order valence-electron chi connectivity index (χ0n) is 12.4. The van der Waals surface area contributed by atoms with Crippen molar-refractivity contribution in [3.8, 4) is 0 Å². The van der Waals surface area contributed by atoms with Crippen molar-refractivity contribution < 1.29 is 9.21 Å². The van der Waals surface area contributed by atoms with E-state index in [0.717, 1.165) is 27.8 Å². The van der Waals surface area contributed by atoms with Crippen LogP contribution in [0.1, 0.15) is 5.76 Å². The third-order valence-electron chi connectivity index (χ3n) is 3.78. The van der Waals surface area contributed by atoms with Crippen LogP contribution in [0.15, 0.2) is 65.3 Å². The summed E-state index contributed by atoms with van der Waals surface area (Å²) in [5.41, 5.74) is 2.67. The van der Waals surface area contributed by atoms with Crippen molar-refractivity contribution in [3.63, 3.8) is 0 Å². The van der Waals surface area contributed by atoms with Crippen LogP contribution in [-0.2, 0) is 17.9 Å². The fourth-order valence-electron chi connectivity index (χ4n) is 2.66. The Morgan fingerprint density at radius 2 is 1.96 bits per heavy atom. The van der Waals surface area contributed by atoms with E-state index in [1.54, 1.807) is 6.33 Å². The molecule has 1 N–H and O–H groups in total. The van der Waals surface area contributed by atoms with Crippen LogP contribution in [-0.4, -0.2) is 15.5 Å². The van der Waals surface area contributed by atoms with Gasteiger partial charge >= 0.3 is 0 Å². The molecule has 2 aromatic heterocycles. The summed E-state index contributed by atoms with van der Waals surface area (Å²) in [5, 5.41) is 3.92. The van der Waals surface area contributed by atoms with Gasteiger partial charge in [-0.05, 0) is 24.3 Å². The highest BCUT2D eigenvalue weighted by atomic mass is 16.3. The largest absolute Gasteiger partial charge is 0.459 e. The maximum Gasteiger partial charge on any atom is 0.240 e. The molecule has 0 aliphatic carbocycles. The molecule has 5 nitrogen and oxygen atoms in total. The van der Waals surface area contributed by atoms with E-state index in [4.69, 9.17) is 4.42 Å². The standard InChI is InChI=1S/C18H15N3O2/c22-18(11-21-12-20-15-6-2-3-7-16(15)21)19-10-14-9-13-5-1-4-8-17(13)23-14/h1-9,12H,10-11H2,(H,19,22). The Morgan fingerprint density at radius 3 is 2.87 bits per heavy atom. The van der Waals surface area contributed by atoms with Crippen LogP contribution in [0, 0.1) is 0 Å².